The second-order valence-corrected chi connectivity index (χ2v) is 5.72. The van der Waals surface area contributed by atoms with Crippen LogP contribution in [0.3, 0.4) is 0 Å². The highest BCUT2D eigenvalue weighted by molar-refractivity contribution is 6.31. The summed E-state index contributed by atoms with van der Waals surface area (Å²) >= 11 is 5.84. The SMILES string of the molecule is Cn1cc(Cl)cc1C(=O)NC(CN)C(C)(C)C. The van der Waals surface area contributed by atoms with E-state index in [1.165, 1.54) is 0 Å². The zero-order chi connectivity index (χ0) is 13.2. The summed E-state index contributed by atoms with van der Waals surface area (Å²) in [6.07, 6.45) is 1.70. The van der Waals surface area contributed by atoms with Crippen LogP contribution in [0.15, 0.2) is 12.3 Å². The standard InChI is InChI=1S/C12H20ClN3O/c1-12(2,3)10(6-14)15-11(17)9-5-8(13)7-16(9)4/h5,7,10H,6,14H2,1-4H3,(H,15,17). The Balaban J connectivity index is 2.82. The molecule has 1 atom stereocenters. The molecule has 0 aliphatic heterocycles. The van der Waals surface area contributed by atoms with Gasteiger partial charge < -0.3 is 15.6 Å². The normalized spacial score (nSPS) is 13.5. The number of halogens is 1. The Morgan fingerprint density at radius 1 is 1.59 bits per heavy atom. The molecule has 0 radical (unpaired) electrons. The van der Waals surface area contributed by atoms with Crippen LogP contribution in [-0.4, -0.2) is 23.1 Å². The van der Waals surface area contributed by atoms with Crippen molar-refractivity contribution in [1.29, 1.82) is 0 Å². The highest BCUT2D eigenvalue weighted by atomic mass is 35.5. The number of nitrogens with zero attached hydrogens (tertiary/aromatic N) is 1. The zero-order valence-corrected chi connectivity index (χ0v) is 11.5. The van der Waals surface area contributed by atoms with Crippen molar-refractivity contribution >= 4 is 17.5 Å². The molecule has 1 heterocycles. The number of aromatic nitrogens is 1. The van der Waals surface area contributed by atoms with E-state index in [1.54, 1.807) is 23.9 Å². The summed E-state index contributed by atoms with van der Waals surface area (Å²) in [4.78, 5) is 12.0. The van der Waals surface area contributed by atoms with Gasteiger partial charge in [-0.25, -0.2) is 0 Å². The van der Waals surface area contributed by atoms with Crippen LogP contribution in [0.5, 0.6) is 0 Å². The monoisotopic (exact) mass is 257 g/mol. The van der Waals surface area contributed by atoms with Crippen LogP contribution < -0.4 is 11.1 Å². The first kappa shape index (κ1) is 14.1. The second kappa shape index (κ2) is 5.10. The Hall–Kier alpha value is -1.00. The molecule has 1 aromatic heterocycles. The molecule has 0 aliphatic rings. The molecule has 0 saturated heterocycles. The van der Waals surface area contributed by atoms with Gasteiger partial charge in [0.05, 0.1) is 5.02 Å². The molecule has 17 heavy (non-hydrogen) atoms. The molecule has 0 spiro atoms. The predicted molar refractivity (Wildman–Crippen MR) is 70.2 cm³/mol. The number of hydrogen-bond acceptors (Lipinski definition) is 2. The number of nitrogens with one attached hydrogen (secondary N) is 1. The summed E-state index contributed by atoms with van der Waals surface area (Å²) in [5.74, 6) is -0.148. The van der Waals surface area contributed by atoms with Crippen molar-refractivity contribution in [2.24, 2.45) is 18.2 Å². The molecule has 0 fully saturated rings. The molecule has 1 amide bonds. The summed E-state index contributed by atoms with van der Waals surface area (Å²) < 4.78 is 1.70. The largest absolute Gasteiger partial charge is 0.346 e. The maximum absolute atomic E-state index is 12.0. The van der Waals surface area contributed by atoms with Gasteiger partial charge >= 0.3 is 0 Å². The molecule has 1 unspecified atom stereocenters. The van der Waals surface area contributed by atoms with Gasteiger partial charge in [-0.05, 0) is 11.5 Å². The van der Waals surface area contributed by atoms with Crippen molar-refractivity contribution in [2.75, 3.05) is 6.54 Å². The summed E-state index contributed by atoms with van der Waals surface area (Å²) in [6, 6.07) is 1.58. The first-order valence-corrected chi connectivity index (χ1v) is 5.96. The highest BCUT2D eigenvalue weighted by Gasteiger charge is 2.26. The van der Waals surface area contributed by atoms with Gasteiger partial charge in [-0.2, -0.15) is 0 Å². The fourth-order valence-corrected chi connectivity index (χ4v) is 1.86. The van der Waals surface area contributed by atoms with Crippen LogP contribution in [0, 0.1) is 5.41 Å². The third kappa shape index (κ3) is 3.48. The van der Waals surface area contributed by atoms with E-state index in [-0.39, 0.29) is 17.4 Å². The average Bonchev–Trinajstić information content (AvgIpc) is 2.52. The molecule has 0 aliphatic carbocycles. The number of carbonyl (C=O) groups is 1. The molecule has 1 aromatic rings. The lowest BCUT2D eigenvalue weighted by atomic mass is 9.87. The number of amides is 1. The van der Waals surface area contributed by atoms with E-state index in [0.717, 1.165) is 0 Å². The van der Waals surface area contributed by atoms with E-state index >= 15 is 0 Å². The van der Waals surface area contributed by atoms with Crippen LogP contribution in [-0.2, 0) is 7.05 Å². The summed E-state index contributed by atoms with van der Waals surface area (Å²) in [6.45, 7) is 6.54. The maximum Gasteiger partial charge on any atom is 0.268 e. The minimum atomic E-state index is -0.148. The first-order chi connectivity index (χ1) is 7.75. The van der Waals surface area contributed by atoms with Crippen LogP contribution in [0.25, 0.3) is 0 Å². The topological polar surface area (TPSA) is 60.0 Å². The first-order valence-electron chi connectivity index (χ1n) is 5.58. The van der Waals surface area contributed by atoms with Crippen molar-refractivity contribution in [2.45, 2.75) is 26.8 Å². The van der Waals surface area contributed by atoms with Gasteiger partial charge in [0.1, 0.15) is 5.69 Å². The van der Waals surface area contributed by atoms with Gasteiger partial charge in [0, 0.05) is 25.8 Å². The third-order valence-electron chi connectivity index (χ3n) is 2.79. The number of rotatable bonds is 3. The van der Waals surface area contributed by atoms with E-state index in [0.29, 0.717) is 17.3 Å². The molecule has 5 heteroatoms. The van der Waals surface area contributed by atoms with E-state index in [1.807, 2.05) is 20.8 Å². The fourth-order valence-electron chi connectivity index (χ4n) is 1.61. The number of aryl methyl sites for hydroxylation is 1. The smallest absolute Gasteiger partial charge is 0.268 e. The lowest BCUT2D eigenvalue weighted by molar-refractivity contribution is 0.0897. The van der Waals surface area contributed by atoms with Gasteiger partial charge in [-0.15, -0.1) is 0 Å². The van der Waals surface area contributed by atoms with Crippen molar-refractivity contribution < 1.29 is 4.79 Å². The van der Waals surface area contributed by atoms with E-state index in [9.17, 15) is 4.79 Å². The van der Waals surface area contributed by atoms with Crippen LogP contribution in [0.4, 0.5) is 0 Å². The van der Waals surface area contributed by atoms with Gasteiger partial charge in [-0.3, -0.25) is 4.79 Å². The average molecular weight is 258 g/mol. The van der Waals surface area contributed by atoms with Gasteiger partial charge in [-0.1, -0.05) is 32.4 Å². The van der Waals surface area contributed by atoms with Crippen LogP contribution in [0.2, 0.25) is 5.02 Å². The van der Waals surface area contributed by atoms with Crippen molar-refractivity contribution in [3.63, 3.8) is 0 Å². The van der Waals surface area contributed by atoms with Gasteiger partial charge in [0.15, 0.2) is 0 Å². The Morgan fingerprint density at radius 2 is 2.18 bits per heavy atom. The van der Waals surface area contributed by atoms with E-state index in [4.69, 9.17) is 17.3 Å². The second-order valence-electron chi connectivity index (χ2n) is 5.28. The third-order valence-corrected chi connectivity index (χ3v) is 3.00. The molecule has 0 bridgehead atoms. The minimum absolute atomic E-state index is 0.0660. The Kier molecular flexibility index (Phi) is 4.22. The number of nitrogens with two attached hydrogens (primary N) is 1. The maximum atomic E-state index is 12.0. The Labute approximate surface area is 107 Å². The highest BCUT2D eigenvalue weighted by Crippen LogP contribution is 2.19. The minimum Gasteiger partial charge on any atom is -0.346 e. The fraction of sp³-hybridized carbons (Fsp3) is 0.583. The summed E-state index contributed by atoms with van der Waals surface area (Å²) in [5.41, 5.74) is 6.15. The molecular formula is C12H20ClN3O. The molecule has 3 N–H and O–H groups in total. The number of carbonyl (C=O) groups excluding carboxylic acids is 1. The Bertz CT molecular complexity index is 406. The summed E-state index contributed by atoms with van der Waals surface area (Å²) in [7, 11) is 1.79. The van der Waals surface area contributed by atoms with Crippen LogP contribution in [0.1, 0.15) is 31.3 Å². The Morgan fingerprint density at radius 3 is 2.53 bits per heavy atom. The zero-order valence-electron chi connectivity index (χ0n) is 10.7. The molecule has 96 valence electrons. The molecule has 0 saturated carbocycles. The van der Waals surface area contributed by atoms with E-state index < -0.39 is 0 Å². The predicted octanol–water partition coefficient (Wildman–Crippen LogP) is 1.78. The quantitative estimate of drug-likeness (QED) is 0.867. The molecular weight excluding hydrogens is 238 g/mol. The summed E-state index contributed by atoms with van der Waals surface area (Å²) in [5, 5.41) is 3.49. The van der Waals surface area contributed by atoms with Crippen molar-refractivity contribution in [1.82, 2.24) is 9.88 Å². The van der Waals surface area contributed by atoms with Crippen molar-refractivity contribution in [3.05, 3.63) is 23.0 Å². The molecule has 4 nitrogen and oxygen atoms in total. The number of hydrogen-bond donors (Lipinski definition) is 2. The van der Waals surface area contributed by atoms with Gasteiger partial charge in [0.25, 0.3) is 5.91 Å². The van der Waals surface area contributed by atoms with E-state index in [2.05, 4.69) is 5.32 Å². The van der Waals surface area contributed by atoms with Crippen LogP contribution >= 0.6 is 11.6 Å². The molecule has 0 aromatic carbocycles. The lowest BCUT2D eigenvalue weighted by Crippen LogP contribution is -2.48. The van der Waals surface area contributed by atoms with Crippen molar-refractivity contribution in [3.8, 4) is 0 Å². The lowest BCUT2D eigenvalue weighted by Gasteiger charge is -2.30. The van der Waals surface area contributed by atoms with Gasteiger partial charge in [0.2, 0.25) is 0 Å². The molecule has 1 rings (SSSR count).